The zero-order valence-electron chi connectivity index (χ0n) is 20.6. The van der Waals surface area contributed by atoms with Crippen molar-refractivity contribution >= 4 is 40.8 Å². The number of carboxylic acids is 2. The van der Waals surface area contributed by atoms with Crippen molar-refractivity contribution in [2.45, 2.75) is 52.0 Å². The lowest BCUT2D eigenvalue weighted by molar-refractivity contribution is -0.140. The van der Waals surface area contributed by atoms with E-state index in [1.165, 1.54) is 6.07 Å². The summed E-state index contributed by atoms with van der Waals surface area (Å²) in [7, 11) is 0. The van der Waals surface area contributed by atoms with Crippen molar-refractivity contribution in [1.29, 1.82) is 5.26 Å². The van der Waals surface area contributed by atoms with Crippen molar-refractivity contribution in [3.8, 4) is 6.07 Å². The topological polar surface area (TPSA) is 181 Å². The minimum atomic E-state index is -1.36. The Balaban J connectivity index is 1.89. The third kappa shape index (κ3) is 7.27. The summed E-state index contributed by atoms with van der Waals surface area (Å²) in [6.45, 7) is 4.50. The monoisotopic (exact) mass is 507 g/mol. The number of benzene rings is 1. The zero-order chi connectivity index (χ0) is 27.2. The quantitative estimate of drug-likeness (QED) is 0.338. The Morgan fingerprint density at radius 3 is 2.57 bits per heavy atom. The Morgan fingerprint density at radius 2 is 1.95 bits per heavy atom. The molecule has 0 spiro atoms. The Kier molecular flexibility index (Phi) is 8.45. The third-order valence-electron chi connectivity index (χ3n) is 6.23. The third-order valence-corrected chi connectivity index (χ3v) is 6.23. The van der Waals surface area contributed by atoms with Gasteiger partial charge in [-0.3, -0.25) is 19.4 Å². The van der Waals surface area contributed by atoms with Crippen molar-refractivity contribution in [3.05, 3.63) is 47.2 Å². The molecule has 11 nitrogen and oxygen atoms in total. The highest BCUT2D eigenvalue weighted by molar-refractivity contribution is 6.42. The molecule has 0 radical (unpaired) electrons. The van der Waals surface area contributed by atoms with E-state index in [-0.39, 0.29) is 35.5 Å². The molecule has 2 amide bonds. The summed E-state index contributed by atoms with van der Waals surface area (Å²) in [4.78, 5) is 52.2. The highest BCUT2D eigenvalue weighted by Crippen LogP contribution is 2.40. The first-order valence-electron chi connectivity index (χ1n) is 11.8. The summed E-state index contributed by atoms with van der Waals surface area (Å²) >= 11 is 0. The minimum absolute atomic E-state index is 0.00620. The van der Waals surface area contributed by atoms with Gasteiger partial charge in [-0.05, 0) is 60.9 Å². The summed E-state index contributed by atoms with van der Waals surface area (Å²) in [5, 5.41) is 35.2. The minimum Gasteiger partial charge on any atom is -0.481 e. The second-order valence-corrected chi connectivity index (χ2v) is 9.65. The van der Waals surface area contributed by atoms with Gasteiger partial charge in [0.15, 0.2) is 5.84 Å². The molecular weight excluding hydrogens is 478 g/mol. The van der Waals surface area contributed by atoms with Crippen LogP contribution in [0.2, 0.25) is 0 Å². The second kappa shape index (κ2) is 11.5. The number of allylic oxidation sites excluding steroid dienone is 3. The molecule has 1 atom stereocenters. The van der Waals surface area contributed by atoms with Crippen LogP contribution in [-0.2, 0) is 14.4 Å². The second-order valence-electron chi connectivity index (χ2n) is 9.65. The van der Waals surface area contributed by atoms with Gasteiger partial charge in [-0.15, -0.1) is 0 Å². The molecule has 37 heavy (non-hydrogen) atoms. The number of amidine groups is 1. The van der Waals surface area contributed by atoms with Crippen LogP contribution in [0.1, 0.15) is 61.9 Å². The number of amides is 2. The Bertz CT molecular complexity index is 1250. The number of hydrogen-bond donors (Lipinski definition) is 5. The van der Waals surface area contributed by atoms with E-state index in [0.717, 1.165) is 18.4 Å². The number of anilines is 1. The molecule has 1 heterocycles. The van der Waals surface area contributed by atoms with Crippen LogP contribution in [0.3, 0.4) is 0 Å². The van der Waals surface area contributed by atoms with Gasteiger partial charge in [-0.2, -0.15) is 5.26 Å². The molecule has 0 bridgehead atoms. The maximum absolute atomic E-state index is 12.9. The lowest BCUT2D eigenvalue weighted by Crippen LogP contribution is -2.41. The van der Waals surface area contributed by atoms with E-state index in [4.69, 9.17) is 10.4 Å². The van der Waals surface area contributed by atoms with E-state index in [1.807, 2.05) is 6.07 Å². The van der Waals surface area contributed by atoms with E-state index in [2.05, 4.69) is 40.9 Å². The molecule has 11 heteroatoms. The van der Waals surface area contributed by atoms with Gasteiger partial charge < -0.3 is 26.2 Å². The van der Waals surface area contributed by atoms with Gasteiger partial charge in [-0.1, -0.05) is 19.9 Å². The lowest BCUT2D eigenvalue weighted by Gasteiger charge is -2.29. The Morgan fingerprint density at radius 1 is 1.19 bits per heavy atom. The number of hydrogen-bond acceptors (Lipinski definition) is 7. The highest BCUT2D eigenvalue weighted by Gasteiger charge is 2.26. The average molecular weight is 508 g/mol. The Labute approximate surface area is 214 Å². The largest absolute Gasteiger partial charge is 0.481 e. The summed E-state index contributed by atoms with van der Waals surface area (Å²) in [6, 6.07) is 5.17. The number of nitrogens with zero attached hydrogens (tertiary/aromatic N) is 2. The molecule has 1 aliphatic heterocycles. The fraction of sp³-hybridized carbons (Fsp3) is 0.385. The van der Waals surface area contributed by atoms with Crippen LogP contribution in [0, 0.1) is 16.7 Å². The smallest absolute Gasteiger partial charge is 0.326 e. The predicted molar refractivity (Wildman–Crippen MR) is 136 cm³/mol. The summed E-state index contributed by atoms with van der Waals surface area (Å²) in [5.74, 6) is -3.72. The van der Waals surface area contributed by atoms with Crippen LogP contribution in [0.15, 0.2) is 41.0 Å². The van der Waals surface area contributed by atoms with Crippen molar-refractivity contribution in [3.63, 3.8) is 0 Å². The highest BCUT2D eigenvalue weighted by atomic mass is 16.4. The number of aliphatic imine (C=N–C) groups is 1. The van der Waals surface area contributed by atoms with Crippen LogP contribution in [-0.4, -0.2) is 52.4 Å². The molecule has 1 aromatic rings. The molecule has 2 aliphatic rings. The number of carbonyl (C=O) groups is 4. The van der Waals surface area contributed by atoms with Gasteiger partial charge >= 0.3 is 11.9 Å². The van der Waals surface area contributed by atoms with Crippen LogP contribution < -0.4 is 16.0 Å². The van der Waals surface area contributed by atoms with Gasteiger partial charge in [0.2, 0.25) is 0 Å². The zero-order valence-corrected chi connectivity index (χ0v) is 20.6. The summed E-state index contributed by atoms with van der Waals surface area (Å²) in [5.41, 5.74) is 2.48. The first kappa shape index (κ1) is 27.1. The molecule has 1 aromatic carbocycles. The van der Waals surface area contributed by atoms with Crippen LogP contribution in [0.5, 0.6) is 0 Å². The number of nitriles is 1. The Hall–Kier alpha value is -4.46. The van der Waals surface area contributed by atoms with Gasteiger partial charge in [0.25, 0.3) is 11.8 Å². The normalized spacial score (nSPS) is 17.1. The van der Waals surface area contributed by atoms with Crippen molar-refractivity contribution in [2.24, 2.45) is 10.4 Å². The average Bonchev–Trinajstić information content (AvgIpc) is 2.86. The molecule has 0 aromatic heterocycles. The van der Waals surface area contributed by atoms with Crippen molar-refractivity contribution in [1.82, 2.24) is 10.6 Å². The van der Waals surface area contributed by atoms with Crippen molar-refractivity contribution < 1.29 is 29.4 Å². The van der Waals surface area contributed by atoms with Crippen LogP contribution >= 0.6 is 0 Å². The fourth-order valence-electron chi connectivity index (χ4n) is 3.98. The van der Waals surface area contributed by atoms with E-state index in [9.17, 15) is 24.3 Å². The number of aliphatic carboxylic acids is 2. The molecule has 0 fully saturated rings. The lowest BCUT2D eigenvalue weighted by atomic mass is 9.76. The molecule has 5 N–H and O–H groups in total. The number of carboxylic acid groups (broad SMARTS) is 2. The van der Waals surface area contributed by atoms with Crippen LogP contribution in [0.4, 0.5) is 5.69 Å². The molecular formula is C26H29N5O6. The van der Waals surface area contributed by atoms with Crippen molar-refractivity contribution in [2.75, 3.05) is 11.9 Å². The van der Waals surface area contributed by atoms with Gasteiger partial charge in [-0.25, -0.2) is 4.79 Å². The first-order valence-corrected chi connectivity index (χ1v) is 11.8. The van der Waals surface area contributed by atoms with Gasteiger partial charge in [0.1, 0.15) is 17.8 Å². The maximum Gasteiger partial charge on any atom is 0.326 e. The molecule has 194 valence electrons. The molecule has 1 unspecified atom stereocenters. The summed E-state index contributed by atoms with van der Waals surface area (Å²) in [6.07, 6.45) is 5.36. The fourth-order valence-corrected chi connectivity index (χ4v) is 3.98. The van der Waals surface area contributed by atoms with E-state index in [1.54, 1.807) is 18.2 Å². The predicted octanol–water partition coefficient (Wildman–Crippen LogP) is 2.68. The van der Waals surface area contributed by atoms with Gasteiger partial charge in [0.05, 0.1) is 6.54 Å². The molecule has 0 saturated heterocycles. The number of rotatable bonds is 9. The van der Waals surface area contributed by atoms with E-state index >= 15 is 0 Å². The summed E-state index contributed by atoms with van der Waals surface area (Å²) < 4.78 is 0. The van der Waals surface area contributed by atoms with Crippen LogP contribution in [0.25, 0.3) is 5.57 Å². The number of carbonyl (C=O) groups excluding carboxylic acids is 2. The van der Waals surface area contributed by atoms with Gasteiger partial charge in [0, 0.05) is 23.2 Å². The maximum atomic E-state index is 12.9. The molecule has 0 saturated carbocycles. The number of nitrogens with one attached hydrogen (secondary N) is 3. The first-order chi connectivity index (χ1) is 17.5. The molecule has 1 aliphatic carbocycles. The SMILES string of the molecule is CC1(C)CC=C(c2cc(C(=O)NC(CCC(=O)O)C(=O)O)ccc2NC(=O)C2=NCC=C(C#N)N2)CC1. The molecule has 3 rings (SSSR count). The van der Waals surface area contributed by atoms with E-state index < -0.39 is 36.2 Å². The standard InChI is InChI=1S/C26H29N5O6/c1-26(2)10-7-15(8-11-26)18-13-16(23(34)31-20(25(36)37)5-6-21(32)33)3-4-19(18)30-24(35)22-28-12-9-17(14-27)29-22/h3-4,7,9,13,20H,5-6,8,10-12H2,1-2H3,(H,28,29)(H,30,35)(H,31,34)(H,32,33)(H,36,37). The van der Waals surface area contributed by atoms with E-state index in [0.29, 0.717) is 17.7 Å².